The van der Waals surface area contributed by atoms with E-state index in [1.807, 2.05) is 0 Å². The summed E-state index contributed by atoms with van der Waals surface area (Å²) >= 11 is 0. The monoisotopic (exact) mass is 260 g/mol. The SMILES string of the molecule is CCNS(=O)(=O)CCNc1cc(OC)ncn1. The first kappa shape index (κ1) is 13.7. The zero-order chi connectivity index (χ0) is 12.7. The van der Waals surface area contributed by atoms with Gasteiger partial charge < -0.3 is 10.1 Å². The van der Waals surface area contributed by atoms with E-state index in [-0.39, 0.29) is 12.3 Å². The van der Waals surface area contributed by atoms with E-state index in [0.717, 1.165) is 0 Å². The van der Waals surface area contributed by atoms with Crippen LogP contribution >= 0.6 is 0 Å². The summed E-state index contributed by atoms with van der Waals surface area (Å²) in [4.78, 5) is 7.78. The smallest absolute Gasteiger partial charge is 0.218 e. The minimum absolute atomic E-state index is 0.00679. The lowest BCUT2D eigenvalue weighted by Crippen LogP contribution is -2.29. The molecular weight excluding hydrogens is 244 g/mol. The van der Waals surface area contributed by atoms with E-state index in [1.165, 1.54) is 13.4 Å². The number of hydrogen-bond donors (Lipinski definition) is 2. The molecule has 0 saturated heterocycles. The van der Waals surface area contributed by atoms with Crippen molar-refractivity contribution in [1.82, 2.24) is 14.7 Å². The van der Waals surface area contributed by atoms with Crippen molar-refractivity contribution in [2.45, 2.75) is 6.92 Å². The molecule has 1 aromatic heterocycles. The lowest BCUT2D eigenvalue weighted by molar-refractivity contribution is 0.397. The molecule has 0 aliphatic rings. The van der Waals surface area contributed by atoms with Crippen molar-refractivity contribution < 1.29 is 13.2 Å². The Bertz CT molecular complexity index is 449. The highest BCUT2D eigenvalue weighted by molar-refractivity contribution is 7.89. The van der Waals surface area contributed by atoms with Crippen molar-refractivity contribution in [3.63, 3.8) is 0 Å². The summed E-state index contributed by atoms with van der Waals surface area (Å²) in [5.41, 5.74) is 0. The largest absolute Gasteiger partial charge is 0.481 e. The fourth-order valence-electron chi connectivity index (χ4n) is 1.15. The molecule has 0 aliphatic carbocycles. The molecule has 0 fully saturated rings. The number of methoxy groups -OCH3 is 1. The van der Waals surface area contributed by atoms with Gasteiger partial charge in [0.2, 0.25) is 15.9 Å². The van der Waals surface area contributed by atoms with Gasteiger partial charge in [-0.2, -0.15) is 0 Å². The zero-order valence-electron chi connectivity index (χ0n) is 9.80. The van der Waals surface area contributed by atoms with Crippen LogP contribution in [-0.2, 0) is 10.0 Å². The first-order valence-corrected chi connectivity index (χ1v) is 6.80. The second kappa shape index (κ2) is 6.36. The molecule has 0 spiro atoms. The standard InChI is InChI=1S/C9H16N4O3S/c1-3-13-17(14,15)5-4-10-8-6-9(16-2)12-7-11-8/h6-7,13H,3-5H2,1-2H3,(H,10,11,12). The molecule has 0 unspecified atom stereocenters. The van der Waals surface area contributed by atoms with Crippen LogP contribution in [0.1, 0.15) is 6.92 Å². The molecule has 0 aromatic carbocycles. The number of rotatable bonds is 7. The Morgan fingerprint density at radius 1 is 1.41 bits per heavy atom. The van der Waals surface area contributed by atoms with Crippen molar-refractivity contribution >= 4 is 15.8 Å². The van der Waals surface area contributed by atoms with Crippen molar-refractivity contribution in [2.75, 3.05) is 31.3 Å². The van der Waals surface area contributed by atoms with Crippen LogP contribution < -0.4 is 14.8 Å². The summed E-state index contributed by atoms with van der Waals surface area (Å²) in [7, 11) is -1.70. The topological polar surface area (TPSA) is 93.2 Å². The predicted octanol–water partition coefficient (Wildman–Crippen LogP) is -0.164. The van der Waals surface area contributed by atoms with Crippen LogP contribution in [0, 0.1) is 0 Å². The number of anilines is 1. The maximum atomic E-state index is 11.3. The maximum Gasteiger partial charge on any atom is 0.218 e. The molecule has 0 saturated carbocycles. The molecule has 17 heavy (non-hydrogen) atoms. The van der Waals surface area contributed by atoms with Gasteiger partial charge in [-0.1, -0.05) is 6.92 Å². The fourth-order valence-corrected chi connectivity index (χ4v) is 2.11. The first-order chi connectivity index (χ1) is 8.07. The Hall–Kier alpha value is -1.41. The number of aromatic nitrogens is 2. The van der Waals surface area contributed by atoms with Gasteiger partial charge >= 0.3 is 0 Å². The van der Waals surface area contributed by atoms with Gasteiger partial charge in [-0.3, -0.25) is 0 Å². The highest BCUT2D eigenvalue weighted by atomic mass is 32.2. The van der Waals surface area contributed by atoms with Gasteiger partial charge in [-0.25, -0.2) is 23.1 Å². The summed E-state index contributed by atoms with van der Waals surface area (Å²) in [5, 5.41) is 2.88. The van der Waals surface area contributed by atoms with Crippen molar-refractivity contribution in [3.8, 4) is 5.88 Å². The second-order valence-electron chi connectivity index (χ2n) is 3.19. The van der Waals surface area contributed by atoms with Crippen LogP contribution in [0.2, 0.25) is 0 Å². The summed E-state index contributed by atoms with van der Waals surface area (Å²) in [6, 6.07) is 1.60. The average molecular weight is 260 g/mol. The number of nitrogens with zero attached hydrogens (tertiary/aromatic N) is 2. The molecule has 1 rings (SSSR count). The predicted molar refractivity (Wildman–Crippen MR) is 64.5 cm³/mol. The van der Waals surface area contributed by atoms with E-state index in [9.17, 15) is 8.42 Å². The van der Waals surface area contributed by atoms with Gasteiger partial charge in [-0.05, 0) is 0 Å². The fraction of sp³-hybridized carbons (Fsp3) is 0.556. The Kier molecular flexibility index (Phi) is 5.11. The van der Waals surface area contributed by atoms with Crippen LogP contribution in [0.4, 0.5) is 5.82 Å². The highest BCUT2D eigenvalue weighted by Gasteiger charge is 2.07. The van der Waals surface area contributed by atoms with E-state index in [1.54, 1.807) is 13.0 Å². The van der Waals surface area contributed by atoms with E-state index in [2.05, 4.69) is 20.0 Å². The molecule has 0 aliphatic heterocycles. The lowest BCUT2D eigenvalue weighted by atomic mass is 10.5. The molecule has 0 radical (unpaired) electrons. The number of ether oxygens (including phenoxy) is 1. The molecule has 2 N–H and O–H groups in total. The Morgan fingerprint density at radius 2 is 2.18 bits per heavy atom. The normalized spacial score (nSPS) is 11.2. The number of hydrogen-bond acceptors (Lipinski definition) is 6. The highest BCUT2D eigenvalue weighted by Crippen LogP contribution is 2.09. The van der Waals surface area contributed by atoms with Crippen LogP contribution in [-0.4, -0.2) is 44.3 Å². The van der Waals surface area contributed by atoms with Gasteiger partial charge in [0, 0.05) is 19.2 Å². The average Bonchev–Trinajstić information content (AvgIpc) is 2.29. The Morgan fingerprint density at radius 3 is 2.82 bits per heavy atom. The van der Waals surface area contributed by atoms with E-state index in [0.29, 0.717) is 18.2 Å². The van der Waals surface area contributed by atoms with Crippen molar-refractivity contribution in [3.05, 3.63) is 12.4 Å². The summed E-state index contributed by atoms with van der Waals surface area (Å²) < 4.78 is 30.0. The third kappa shape index (κ3) is 4.96. The molecular formula is C9H16N4O3S. The molecule has 8 heteroatoms. The van der Waals surface area contributed by atoms with Crippen LogP contribution in [0.25, 0.3) is 0 Å². The zero-order valence-corrected chi connectivity index (χ0v) is 10.6. The molecule has 7 nitrogen and oxygen atoms in total. The second-order valence-corrected chi connectivity index (χ2v) is 5.12. The Balaban J connectivity index is 2.45. The first-order valence-electron chi connectivity index (χ1n) is 5.14. The minimum atomic E-state index is -3.20. The molecule has 0 atom stereocenters. The third-order valence-electron chi connectivity index (χ3n) is 1.89. The molecule has 1 aromatic rings. The van der Waals surface area contributed by atoms with Gasteiger partial charge in [0.05, 0.1) is 12.9 Å². The van der Waals surface area contributed by atoms with Crippen molar-refractivity contribution in [2.24, 2.45) is 0 Å². The maximum absolute atomic E-state index is 11.3. The summed E-state index contributed by atoms with van der Waals surface area (Å²) in [6.07, 6.45) is 1.35. The lowest BCUT2D eigenvalue weighted by Gasteiger charge is -2.07. The van der Waals surface area contributed by atoms with E-state index >= 15 is 0 Å². The summed E-state index contributed by atoms with van der Waals surface area (Å²) in [6.45, 7) is 2.40. The third-order valence-corrected chi connectivity index (χ3v) is 3.36. The van der Waals surface area contributed by atoms with Gasteiger partial charge in [0.25, 0.3) is 0 Å². The number of sulfonamides is 1. The van der Waals surface area contributed by atoms with Gasteiger partial charge in [0.15, 0.2) is 0 Å². The quantitative estimate of drug-likeness (QED) is 0.707. The molecule has 96 valence electrons. The molecule has 0 amide bonds. The van der Waals surface area contributed by atoms with Gasteiger partial charge in [0.1, 0.15) is 12.1 Å². The van der Waals surface area contributed by atoms with Crippen LogP contribution in [0.3, 0.4) is 0 Å². The van der Waals surface area contributed by atoms with Gasteiger partial charge in [-0.15, -0.1) is 0 Å². The van der Waals surface area contributed by atoms with Crippen molar-refractivity contribution in [1.29, 1.82) is 0 Å². The summed E-state index contributed by atoms with van der Waals surface area (Å²) in [5.74, 6) is 0.952. The number of nitrogens with one attached hydrogen (secondary N) is 2. The van der Waals surface area contributed by atoms with Crippen LogP contribution in [0.5, 0.6) is 5.88 Å². The molecule has 0 bridgehead atoms. The van der Waals surface area contributed by atoms with E-state index in [4.69, 9.17) is 4.74 Å². The van der Waals surface area contributed by atoms with Crippen LogP contribution in [0.15, 0.2) is 12.4 Å². The molecule has 1 heterocycles. The minimum Gasteiger partial charge on any atom is -0.481 e. The van der Waals surface area contributed by atoms with E-state index < -0.39 is 10.0 Å². The Labute approximate surface area is 101 Å².